The predicted molar refractivity (Wildman–Crippen MR) is 97.7 cm³/mol. The summed E-state index contributed by atoms with van der Waals surface area (Å²) >= 11 is 0. The van der Waals surface area contributed by atoms with Gasteiger partial charge in [-0.15, -0.1) is 0 Å². The van der Waals surface area contributed by atoms with Gasteiger partial charge in [0.1, 0.15) is 0 Å². The fourth-order valence-electron chi connectivity index (χ4n) is 3.41. The lowest BCUT2D eigenvalue weighted by atomic mass is 10.1. The van der Waals surface area contributed by atoms with Crippen LogP contribution in [0.1, 0.15) is 59.8 Å². The van der Waals surface area contributed by atoms with Gasteiger partial charge in [-0.1, -0.05) is 27.7 Å². The summed E-state index contributed by atoms with van der Waals surface area (Å²) in [5.41, 5.74) is 0.576. The molecule has 5 heteroatoms. The summed E-state index contributed by atoms with van der Waals surface area (Å²) in [4.78, 5) is 13.3. The van der Waals surface area contributed by atoms with Crippen LogP contribution in [0.15, 0.2) is 0 Å². The van der Waals surface area contributed by atoms with Gasteiger partial charge in [-0.3, -0.25) is 4.79 Å². The second-order valence-corrected chi connectivity index (χ2v) is 6.59. The van der Waals surface area contributed by atoms with Gasteiger partial charge in [-0.2, -0.15) is 0 Å². The van der Waals surface area contributed by atoms with Crippen molar-refractivity contribution in [3.8, 4) is 0 Å². The average molecular weight is 327 g/mol. The van der Waals surface area contributed by atoms with Crippen molar-refractivity contribution in [3.05, 3.63) is 0 Å². The van der Waals surface area contributed by atoms with Crippen LogP contribution in [-0.4, -0.2) is 61.7 Å². The molecule has 2 atom stereocenters. The lowest BCUT2D eigenvalue weighted by Crippen LogP contribution is -2.50. The van der Waals surface area contributed by atoms with E-state index in [1.807, 2.05) is 27.7 Å². The minimum atomic E-state index is 0.208. The molecule has 4 aliphatic rings. The highest BCUT2D eigenvalue weighted by molar-refractivity contribution is 5.77. The summed E-state index contributed by atoms with van der Waals surface area (Å²) in [6.07, 6.45) is 5.88. The van der Waals surface area contributed by atoms with E-state index >= 15 is 0 Å². The second kappa shape index (κ2) is 10.3. The molecule has 3 saturated heterocycles. The van der Waals surface area contributed by atoms with Gasteiger partial charge in [-0.05, 0) is 32.7 Å². The molecule has 4 rings (SSSR count). The number of piperazine rings is 1. The van der Waals surface area contributed by atoms with Crippen molar-refractivity contribution in [2.45, 2.75) is 77.4 Å². The third-order valence-electron chi connectivity index (χ3n) is 4.73. The van der Waals surface area contributed by atoms with Crippen molar-refractivity contribution < 1.29 is 4.79 Å². The number of nitrogens with zero attached hydrogens (tertiary/aromatic N) is 1. The highest BCUT2D eigenvalue weighted by Gasteiger charge is 2.44. The number of carbonyl (C=O) groups is 1. The van der Waals surface area contributed by atoms with Crippen LogP contribution in [-0.2, 0) is 4.79 Å². The zero-order valence-electron chi connectivity index (χ0n) is 15.9. The standard InChI is InChI=1S/C7H12N2O.C7H14N2.2C2H6/c10-7-3-5-1-2-6(9-5)4-8-7;1-9-5-4-8-7(6-9)2-3-7;2*1-2/h5-6,9H,1-4H2,(H,8,10);8H,2-6H2,1H3;2*1-2H3. The van der Waals surface area contributed by atoms with Gasteiger partial charge >= 0.3 is 0 Å². The van der Waals surface area contributed by atoms with Crippen LogP contribution in [0.4, 0.5) is 0 Å². The number of amides is 1. The molecule has 23 heavy (non-hydrogen) atoms. The van der Waals surface area contributed by atoms with Crippen molar-refractivity contribution in [2.75, 3.05) is 33.2 Å². The Morgan fingerprint density at radius 2 is 1.74 bits per heavy atom. The lowest BCUT2D eigenvalue weighted by molar-refractivity contribution is -0.121. The lowest BCUT2D eigenvalue weighted by Gasteiger charge is -2.30. The summed E-state index contributed by atoms with van der Waals surface area (Å²) in [5.74, 6) is 0.208. The van der Waals surface area contributed by atoms with Crippen molar-refractivity contribution >= 4 is 5.91 Å². The van der Waals surface area contributed by atoms with Crippen molar-refractivity contribution in [1.82, 2.24) is 20.9 Å². The molecule has 2 bridgehead atoms. The third-order valence-corrected chi connectivity index (χ3v) is 4.73. The van der Waals surface area contributed by atoms with Gasteiger partial charge in [-0.25, -0.2) is 0 Å². The topological polar surface area (TPSA) is 56.4 Å². The zero-order chi connectivity index (χ0) is 17.3. The molecule has 1 saturated carbocycles. The second-order valence-electron chi connectivity index (χ2n) is 6.59. The smallest absolute Gasteiger partial charge is 0.221 e. The molecular weight excluding hydrogens is 288 g/mol. The largest absolute Gasteiger partial charge is 0.354 e. The third kappa shape index (κ3) is 6.77. The van der Waals surface area contributed by atoms with Gasteiger partial charge in [0.15, 0.2) is 0 Å². The Kier molecular flexibility index (Phi) is 9.10. The fourth-order valence-corrected chi connectivity index (χ4v) is 3.41. The molecule has 1 spiro atoms. The first-order valence-electron chi connectivity index (χ1n) is 9.62. The number of fused-ring (bicyclic) bond motifs is 2. The molecular formula is C18H38N4O. The molecule has 2 unspecified atom stereocenters. The summed E-state index contributed by atoms with van der Waals surface area (Å²) in [6, 6.07) is 1.02. The number of hydrogen-bond acceptors (Lipinski definition) is 4. The monoisotopic (exact) mass is 326 g/mol. The molecule has 0 aromatic carbocycles. The van der Waals surface area contributed by atoms with E-state index in [0.717, 1.165) is 6.54 Å². The summed E-state index contributed by atoms with van der Waals surface area (Å²) in [5, 5.41) is 9.83. The number of rotatable bonds is 0. The fraction of sp³-hybridized carbons (Fsp3) is 0.944. The van der Waals surface area contributed by atoms with Gasteiger partial charge in [0.25, 0.3) is 0 Å². The van der Waals surface area contributed by atoms with Crippen molar-refractivity contribution in [1.29, 1.82) is 0 Å². The van der Waals surface area contributed by atoms with E-state index in [1.54, 1.807) is 0 Å². The summed E-state index contributed by atoms with van der Waals surface area (Å²) < 4.78 is 0. The van der Waals surface area contributed by atoms with Gasteiger partial charge in [0.2, 0.25) is 5.91 Å². The Hall–Kier alpha value is -0.650. The predicted octanol–water partition coefficient (Wildman–Crippen LogP) is 1.73. The van der Waals surface area contributed by atoms with Gasteiger partial charge in [0, 0.05) is 50.2 Å². The van der Waals surface area contributed by atoms with Crippen LogP contribution in [0.25, 0.3) is 0 Å². The highest BCUT2D eigenvalue weighted by atomic mass is 16.1. The Morgan fingerprint density at radius 1 is 1.09 bits per heavy atom. The Labute approximate surface area is 143 Å². The summed E-state index contributed by atoms with van der Waals surface area (Å²) in [6.45, 7) is 12.5. The number of carbonyl (C=O) groups excluding carboxylic acids is 1. The number of hydrogen-bond donors (Lipinski definition) is 3. The maximum absolute atomic E-state index is 10.9. The maximum Gasteiger partial charge on any atom is 0.221 e. The quantitative estimate of drug-likeness (QED) is 0.635. The first-order chi connectivity index (χ1) is 11.2. The van der Waals surface area contributed by atoms with Crippen molar-refractivity contribution in [3.63, 3.8) is 0 Å². The molecule has 0 aromatic heterocycles. The zero-order valence-corrected chi connectivity index (χ0v) is 15.9. The first kappa shape index (κ1) is 20.4. The van der Waals surface area contributed by atoms with Gasteiger partial charge < -0.3 is 20.9 Å². The highest BCUT2D eigenvalue weighted by Crippen LogP contribution is 2.36. The van der Waals surface area contributed by atoms with Crippen molar-refractivity contribution in [2.24, 2.45) is 0 Å². The molecule has 0 aromatic rings. The van der Waals surface area contributed by atoms with Crippen LogP contribution < -0.4 is 16.0 Å². The van der Waals surface area contributed by atoms with E-state index in [4.69, 9.17) is 0 Å². The molecule has 3 aliphatic heterocycles. The molecule has 136 valence electrons. The van der Waals surface area contributed by atoms with E-state index in [9.17, 15) is 4.79 Å². The molecule has 4 fully saturated rings. The van der Waals surface area contributed by atoms with E-state index in [2.05, 4.69) is 27.9 Å². The maximum atomic E-state index is 10.9. The molecule has 5 nitrogen and oxygen atoms in total. The normalized spacial score (nSPS) is 30.4. The van der Waals surface area contributed by atoms with E-state index in [0.29, 0.717) is 24.0 Å². The average Bonchev–Trinajstić information content (AvgIpc) is 3.19. The molecule has 1 amide bonds. The van der Waals surface area contributed by atoms with Crippen LogP contribution in [0.5, 0.6) is 0 Å². The molecule has 1 aliphatic carbocycles. The Morgan fingerprint density at radius 3 is 2.30 bits per heavy atom. The Bertz CT molecular complexity index is 344. The van der Waals surface area contributed by atoms with E-state index in [-0.39, 0.29) is 5.91 Å². The summed E-state index contributed by atoms with van der Waals surface area (Å²) in [7, 11) is 2.21. The van der Waals surface area contributed by atoms with Crippen LogP contribution in [0, 0.1) is 0 Å². The molecule has 0 radical (unpaired) electrons. The van der Waals surface area contributed by atoms with Crippen LogP contribution in [0.2, 0.25) is 0 Å². The molecule has 3 heterocycles. The number of nitrogens with one attached hydrogen (secondary N) is 3. The molecule has 3 N–H and O–H groups in total. The van der Waals surface area contributed by atoms with E-state index in [1.165, 1.54) is 45.3 Å². The van der Waals surface area contributed by atoms with Gasteiger partial charge in [0.05, 0.1) is 0 Å². The minimum Gasteiger partial charge on any atom is -0.354 e. The van der Waals surface area contributed by atoms with Crippen LogP contribution in [0.3, 0.4) is 0 Å². The SMILES string of the molecule is CC.CC.CN1CCNC2(CC2)C1.O=C1CC2CCC(CN1)N2. The number of likely N-dealkylation sites (N-methyl/N-ethyl adjacent to an activating group) is 1. The minimum absolute atomic E-state index is 0.208. The van der Waals surface area contributed by atoms with Crippen LogP contribution >= 0.6 is 0 Å². The Balaban J connectivity index is 0.000000190. The van der Waals surface area contributed by atoms with E-state index < -0.39 is 0 Å². The first-order valence-corrected chi connectivity index (χ1v) is 9.62.